The summed E-state index contributed by atoms with van der Waals surface area (Å²) < 4.78 is 0. The summed E-state index contributed by atoms with van der Waals surface area (Å²) in [5, 5.41) is 7.21. The van der Waals surface area contributed by atoms with Gasteiger partial charge in [0.1, 0.15) is 11.0 Å². The van der Waals surface area contributed by atoms with Crippen LogP contribution in [-0.4, -0.2) is 60.6 Å². The van der Waals surface area contributed by atoms with Crippen LogP contribution in [0.25, 0.3) is 0 Å². The van der Waals surface area contributed by atoms with E-state index >= 15 is 0 Å². The lowest BCUT2D eigenvalue weighted by Gasteiger charge is -2.36. The topological polar surface area (TPSA) is 30.5 Å². The number of nitrogens with zero attached hydrogens (tertiary/aromatic N) is 2. The number of hydrogen-bond acceptors (Lipinski definition) is 6. The number of nitrogens with one attached hydrogen (secondary N) is 2. The van der Waals surface area contributed by atoms with E-state index in [1.807, 2.05) is 21.6 Å². The minimum absolute atomic E-state index is 0.449. The molecule has 3 unspecified atom stereocenters. The molecule has 0 saturated carbocycles. The maximum absolute atomic E-state index is 3.65. The summed E-state index contributed by atoms with van der Waals surface area (Å²) in [6.07, 6.45) is 1.22. The fraction of sp³-hybridized carbons (Fsp3) is 1.00. The van der Waals surface area contributed by atoms with Gasteiger partial charge in [-0.15, -0.1) is 0 Å². The van der Waals surface area contributed by atoms with Gasteiger partial charge in [0.15, 0.2) is 0 Å². The zero-order valence-electron chi connectivity index (χ0n) is 10.3. The van der Waals surface area contributed by atoms with E-state index in [0.717, 1.165) is 13.1 Å². The average Bonchev–Trinajstić information content (AvgIpc) is 2.78. The predicted octanol–water partition coefficient (Wildman–Crippen LogP) is 0.784. The van der Waals surface area contributed by atoms with Crippen LogP contribution in [0, 0.1) is 0 Å². The summed E-state index contributed by atoms with van der Waals surface area (Å²) in [6, 6.07) is 0.666. The van der Waals surface area contributed by atoms with Crippen molar-refractivity contribution in [1.82, 2.24) is 20.4 Å². The van der Waals surface area contributed by atoms with Crippen molar-refractivity contribution in [1.29, 1.82) is 0 Å². The molecule has 0 aliphatic carbocycles. The second kappa shape index (κ2) is 5.93. The van der Waals surface area contributed by atoms with E-state index in [9.17, 15) is 0 Å². The summed E-state index contributed by atoms with van der Waals surface area (Å²) >= 11 is 0. The van der Waals surface area contributed by atoms with Gasteiger partial charge in [0.05, 0.1) is 0 Å². The van der Waals surface area contributed by atoms with Crippen LogP contribution in [0.2, 0.25) is 0 Å². The Morgan fingerprint density at radius 1 is 1.38 bits per heavy atom. The summed E-state index contributed by atoms with van der Waals surface area (Å²) in [7, 11) is 8.14. The van der Waals surface area contributed by atoms with E-state index in [1.165, 1.54) is 13.0 Å². The molecule has 0 amide bonds. The molecule has 2 aliphatic heterocycles. The van der Waals surface area contributed by atoms with Gasteiger partial charge in [-0.05, 0) is 20.5 Å². The van der Waals surface area contributed by atoms with Crippen LogP contribution in [-0.2, 0) is 0 Å². The molecular weight excluding hydrogens is 240 g/mol. The van der Waals surface area contributed by atoms with Crippen molar-refractivity contribution in [3.05, 3.63) is 0 Å². The molecule has 2 saturated heterocycles. The average molecular weight is 262 g/mol. The third kappa shape index (κ3) is 3.05. The van der Waals surface area contributed by atoms with Gasteiger partial charge in [0, 0.05) is 25.7 Å². The third-order valence-corrected chi connectivity index (χ3v) is 6.00. The molecule has 0 aromatic heterocycles. The lowest BCUT2D eigenvalue weighted by Crippen LogP contribution is -2.56. The molecule has 2 fully saturated rings. The van der Waals surface area contributed by atoms with Crippen molar-refractivity contribution in [2.24, 2.45) is 0 Å². The molecule has 2 aliphatic rings. The van der Waals surface area contributed by atoms with Crippen molar-refractivity contribution in [3.63, 3.8) is 0 Å². The Labute approximate surface area is 106 Å². The molecule has 0 aromatic carbocycles. The SMILES string of the molecule is CCC1CN(C2NC(N(C)C)SS2)CCN1. The Morgan fingerprint density at radius 2 is 2.19 bits per heavy atom. The molecular formula is C10H22N4S2. The van der Waals surface area contributed by atoms with Crippen LogP contribution in [0.5, 0.6) is 0 Å². The van der Waals surface area contributed by atoms with Crippen molar-refractivity contribution >= 4 is 21.6 Å². The molecule has 0 aromatic rings. The number of rotatable bonds is 3. The molecule has 3 atom stereocenters. The van der Waals surface area contributed by atoms with Crippen LogP contribution >= 0.6 is 21.6 Å². The van der Waals surface area contributed by atoms with E-state index in [0.29, 0.717) is 17.0 Å². The van der Waals surface area contributed by atoms with Gasteiger partial charge in [0.2, 0.25) is 0 Å². The van der Waals surface area contributed by atoms with E-state index < -0.39 is 0 Å². The van der Waals surface area contributed by atoms with E-state index in [-0.39, 0.29) is 0 Å². The van der Waals surface area contributed by atoms with Gasteiger partial charge in [-0.25, -0.2) is 0 Å². The van der Waals surface area contributed by atoms with Crippen molar-refractivity contribution in [2.45, 2.75) is 30.4 Å². The Kier molecular flexibility index (Phi) is 4.81. The quantitative estimate of drug-likeness (QED) is 0.731. The van der Waals surface area contributed by atoms with E-state index in [2.05, 4.69) is 41.5 Å². The second-order valence-electron chi connectivity index (χ2n) is 4.58. The molecule has 0 radical (unpaired) electrons. The lowest BCUT2D eigenvalue weighted by molar-refractivity contribution is 0.154. The van der Waals surface area contributed by atoms with Crippen LogP contribution in [0.4, 0.5) is 0 Å². The minimum Gasteiger partial charge on any atom is -0.311 e. The maximum atomic E-state index is 3.65. The first-order valence-corrected chi connectivity index (χ1v) is 8.20. The van der Waals surface area contributed by atoms with Gasteiger partial charge < -0.3 is 5.32 Å². The molecule has 16 heavy (non-hydrogen) atoms. The first-order valence-electron chi connectivity index (χ1n) is 5.92. The number of hydrogen-bond donors (Lipinski definition) is 2. The lowest BCUT2D eigenvalue weighted by atomic mass is 10.2. The first kappa shape index (κ1) is 13.0. The van der Waals surface area contributed by atoms with Gasteiger partial charge in [-0.3, -0.25) is 15.1 Å². The normalized spacial score (nSPS) is 37.1. The highest BCUT2D eigenvalue weighted by molar-refractivity contribution is 8.77. The summed E-state index contributed by atoms with van der Waals surface area (Å²) in [5.41, 5.74) is 0.929. The molecule has 94 valence electrons. The predicted molar refractivity (Wildman–Crippen MR) is 73.2 cm³/mol. The summed E-state index contributed by atoms with van der Waals surface area (Å²) in [6.45, 7) is 5.70. The van der Waals surface area contributed by atoms with Crippen molar-refractivity contribution in [2.75, 3.05) is 33.7 Å². The number of piperazine rings is 1. The molecule has 2 heterocycles. The molecule has 0 spiro atoms. The zero-order chi connectivity index (χ0) is 11.5. The molecule has 2 N–H and O–H groups in total. The molecule has 0 bridgehead atoms. The largest absolute Gasteiger partial charge is 0.311 e. The van der Waals surface area contributed by atoms with E-state index in [1.54, 1.807) is 0 Å². The van der Waals surface area contributed by atoms with Crippen molar-refractivity contribution in [3.8, 4) is 0 Å². The van der Waals surface area contributed by atoms with Crippen molar-refractivity contribution < 1.29 is 0 Å². The Bertz CT molecular complexity index is 227. The highest BCUT2D eigenvalue weighted by Crippen LogP contribution is 2.38. The smallest absolute Gasteiger partial charge is 0.120 e. The Hall–Kier alpha value is 0.540. The highest BCUT2D eigenvalue weighted by atomic mass is 33.1. The summed E-state index contributed by atoms with van der Waals surface area (Å²) in [4.78, 5) is 4.79. The van der Waals surface area contributed by atoms with Crippen LogP contribution in [0.1, 0.15) is 13.3 Å². The first-order chi connectivity index (χ1) is 7.70. The zero-order valence-corrected chi connectivity index (χ0v) is 11.9. The van der Waals surface area contributed by atoms with Crippen LogP contribution in [0.3, 0.4) is 0 Å². The monoisotopic (exact) mass is 262 g/mol. The second-order valence-corrected chi connectivity index (χ2v) is 7.01. The molecule has 6 heteroatoms. The Morgan fingerprint density at radius 3 is 2.81 bits per heavy atom. The molecule has 4 nitrogen and oxygen atoms in total. The van der Waals surface area contributed by atoms with Gasteiger partial charge in [-0.2, -0.15) is 0 Å². The fourth-order valence-electron chi connectivity index (χ4n) is 2.02. The van der Waals surface area contributed by atoms with E-state index in [4.69, 9.17) is 0 Å². The van der Waals surface area contributed by atoms with Gasteiger partial charge >= 0.3 is 0 Å². The molecule has 2 rings (SSSR count). The van der Waals surface area contributed by atoms with Gasteiger partial charge in [0.25, 0.3) is 0 Å². The standard InChI is InChI=1S/C10H22N4S2/c1-4-8-7-14(6-5-11-8)10-12-9(13(2)3)15-16-10/h8-12H,4-7H2,1-3H3. The fourth-order valence-corrected chi connectivity index (χ4v) is 5.02. The minimum atomic E-state index is 0.449. The third-order valence-electron chi connectivity index (χ3n) is 3.10. The van der Waals surface area contributed by atoms with Crippen LogP contribution < -0.4 is 10.6 Å². The van der Waals surface area contributed by atoms with Crippen LogP contribution in [0.15, 0.2) is 0 Å². The summed E-state index contributed by atoms with van der Waals surface area (Å²) in [5.74, 6) is 0. The van der Waals surface area contributed by atoms with Gasteiger partial charge in [-0.1, -0.05) is 28.5 Å². The maximum Gasteiger partial charge on any atom is 0.120 e. The highest BCUT2D eigenvalue weighted by Gasteiger charge is 2.33. The Balaban J connectivity index is 1.84.